The van der Waals surface area contributed by atoms with E-state index < -0.39 is 38.3 Å². The number of hydrogen-bond acceptors (Lipinski definition) is 2. The lowest BCUT2D eigenvalue weighted by Crippen LogP contribution is -2.22. The van der Waals surface area contributed by atoms with Crippen molar-refractivity contribution in [3.05, 3.63) is 41.4 Å². The molecule has 1 saturated carbocycles. The molecule has 35 heavy (non-hydrogen) atoms. The van der Waals surface area contributed by atoms with Crippen molar-refractivity contribution in [3.8, 4) is 5.75 Å². The van der Waals surface area contributed by atoms with Crippen LogP contribution in [-0.4, -0.2) is 22.5 Å². The molecule has 2 fully saturated rings. The van der Waals surface area contributed by atoms with Crippen molar-refractivity contribution in [1.82, 2.24) is 0 Å². The zero-order chi connectivity index (χ0) is 25.2. The lowest BCUT2D eigenvalue weighted by atomic mass is 9.76. The molecule has 1 aliphatic carbocycles. The Bertz CT molecular complexity index is 791. The molecule has 8 heteroatoms. The standard InChI is InChI=1S/C27H39F5O2Si/c1-33-13-3-2-4-14-35-15-11-20(12-16-35)6-5-19-7-9-21(10-8-19)22-17-23(28)25(24(29)18-22)34-27(32)26(30)31/h17-21,35H,2-16H2,1H3. The van der Waals surface area contributed by atoms with E-state index in [1.54, 1.807) is 7.11 Å². The summed E-state index contributed by atoms with van der Waals surface area (Å²) in [6.45, 7) is 0.883. The molecule has 0 radical (unpaired) electrons. The minimum absolute atomic E-state index is 0.0212. The van der Waals surface area contributed by atoms with Crippen molar-refractivity contribution >= 4 is 8.80 Å². The first-order chi connectivity index (χ1) is 16.9. The maximum Gasteiger partial charge on any atom is 0.344 e. The zero-order valence-corrected chi connectivity index (χ0v) is 21.9. The number of benzene rings is 1. The second-order valence-electron chi connectivity index (χ2n) is 10.5. The Morgan fingerprint density at radius 3 is 2.03 bits per heavy atom. The Balaban J connectivity index is 1.37. The van der Waals surface area contributed by atoms with E-state index in [0.717, 1.165) is 50.3 Å². The zero-order valence-electron chi connectivity index (χ0n) is 20.8. The molecule has 2 nitrogen and oxygen atoms in total. The predicted octanol–water partition coefficient (Wildman–Crippen LogP) is 8.89. The molecule has 1 aromatic carbocycles. The van der Waals surface area contributed by atoms with Crippen LogP contribution in [0.25, 0.3) is 0 Å². The number of hydrogen-bond donors (Lipinski definition) is 0. The molecular formula is C27H39F5O2Si. The lowest BCUT2D eigenvalue weighted by molar-refractivity contribution is 0.192. The number of methoxy groups -OCH3 is 1. The second-order valence-corrected chi connectivity index (χ2v) is 13.9. The van der Waals surface area contributed by atoms with Gasteiger partial charge in [-0.25, -0.2) is 8.78 Å². The van der Waals surface area contributed by atoms with Gasteiger partial charge in [-0.1, -0.05) is 56.7 Å². The largest absolute Gasteiger partial charge is 0.422 e. The summed E-state index contributed by atoms with van der Waals surface area (Å²) in [5.41, 5.74) is 0.487. The van der Waals surface area contributed by atoms with Crippen molar-refractivity contribution < 1.29 is 31.4 Å². The Kier molecular flexibility index (Phi) is 11.6. The summed E-state index contributed by atoms with van der Waals surface area (Å²) in [5, 5.41) is 0. The quantitative estimate of drug-likeness (QED) is 0.119. The first-order valence-electron chi connectivity index (χ1n) is 13.2. The third-order valence-corrected chi connectivity index (χ3v) is 11.6. The van der Waals surface area contributed by atoms with Gasteiger partial charge in [0.1, 0.15) is 0 Å². The highest BCUT2D eigenvalue weighted by atomic mass is 28.3. The van der Waals surface area contributed by atoms with Gasteiger partial charge in [0.05, 0.1) is 0 Å². The van der Waals surface area contributed by atoms with E-state index in [0.29, 0.717) is 11.5 Å². The summed E-state index contributed by atoms with van der Waals surface area (Å²) >= 11 is 0. The van der Waals surface area contributed by atoms with Crippen molar-refractivity contribution in [2.24, 2.45) is 11.8 Å². The average Bonchev–Trinajstić information content (AvgIpc) is 2.85. The summed E-state index contributed by atoms with van der Waals surface area (Å²) in [6, 6.07) is 4.38. The monoisotopic (exact) mass is 518 g/mol. The summed E-state index contributed by atoms with van der Waals surface area (Å²) in [4.78, 5) is 0. The van der Waals surface area contributed by atoms with E-state index in [9.17, 15) is 22.0 Å². The van der Waals surface area contributed by atoms with Gasteiger partial charge in [0.25, 0.3) is 0 Å². The van der Waals surface area contributed by atoms with Crippen LogP contribution in [0.1, 0.15) is 82.1 Å². The summed E-state index contributed by atoms with van der Waals surface area (Å²) < 4.78 is 75.0. The fourth-order valence-electron chi connectivity index (χ4n) is 5.96. The third kappa shape index (κ3) is 8.88. The minimum Gasteiger partial charge on any atom is -0.422 e. The van der Waals surface area contributed by atoms with Crippen LogP contribution in [0.3, 0.4) is 0 Å². The summed E-state index contributed by atoms with van der Waals surface area (Å²) in [7, 11) is 1.25. The van der Waals surface area contributed by atoms with Gasteiger partial charge >= 0.3 is 12.1 Å². The fourth-order valence-corrected chi connectivity index (χ4v) is 9.58. The van der Waals surface area contributed by atoms with Gasteiger partial charge in [0.15, 0.2) is 11.6 Å². The molecular weight excluding hydrogens is 479 g/mol. The van der Waals surface area contributed by atoms with E-state index in [-0.39, 0.29) is 5.92 Å². The summed E-state index contributed by atoms with van der Waals surface area (Å²) in [6.07, 6.45) is 10.2. The van der Waals surface area contributed by atoms with Gasteiger partial charge in [-0.3, -0.25) is 0 Å². The van der Waals surface area contributed by atoms with E-state index in [4.69, 9.17) is 4.74 Å². The van der Waals surface area contributed by atoms with Crippen LogP contribution in [0.15, 0.2) is 24.2 Å². The van der Waals surface area contributed by atoms with Crippen molar-refractivity contribution in [2.75, 3.05) is 13.7 Å². The number of rotatable bonds is 12. The average molecular weight is 519 g/mol. The van der Waals surface area contributed by atoms with Gasteiger partial charge in [-0.05, 0) is 67.6 Å². The molecule has 0 bridgehead atoms. The molecule has 0 unspecified atom stereocenters. The highest BCUT2D eigenvalue weighted by molar-refractivity contribution is 6.58. The Morgan fingerprint density at radius 2 is 1.46 bits per heavy atom. The Hall–Kier alpha value is -1.41. The van der Waals surface area contributed by atoms with Crippen molar-refractivity contribution in [3.63, 3.8) is 0 Å². The molecule has 2 aliphatic rings. The SMILES string of the molecule is COCCCCC[SiH]1CCC(CCC2CCC(c3cc(F)c(OC(F)=C(F)F)c(F)c3)CC2)CC1. The van der Waals surface area contributed by atoms with Crippen LogP contribution in [0.2, 0.25) is 18.1 Å². The molecule has 3 rings (SSSR count). The van der Waals surface area contributed by atoms with E-state index in [1.165, 1.54) is 63.1 Å². The van der Waals surface area contributed by atoms with Gasteiger partial charge < -0.3 is 9.47 Å². The van der Waals surface area contributed by atoms with Crippen LogP contribution in [0, 0.1) is 23.5 Å². The molecule has 1 aliphatic heterocycles. The van der Waals surface area contributed by atoms with Gasteiger partial charge in [0.2, 0.25) is 5.75 Å². The molecule has 0 amide bonds. The topological polar surface area (TPSA) is 18.5 Å². The molecule has 198 valence electrons. The molecule has 1 aromatic rings. The highest BCUT2D eigenvalue weighted by Crippen LogP contribution is 2.41. The second kappa shape index (κ2) is 14.4. The lowest BCUT2D eigenvalue weighted by Gasteiger charge is -2.32. The van der Waals surface area contributed by atoms with Crippen LogP contribution in [0.5, 0.6) is 5.75 Å². The van der Waals surface area contributed by atoms with Crippen LogP contribution in [-0.2, 0) is 4.74 Å². The molecule has 0 spiro atoms. The van der Waals surface area contributed by atoms with E-state index >= 15 is 0 Å². The number of halogens is 5. The smallest absolute Gasteiger partial charge is 0.344 e. The number of unbranched alkanes of at least 4 members (excludes halogenated alkanes) is 2. The normalized spacial score (nSPS) is 24.9. The molecule has 0 N–H and O–H groups in total. The van der Waals surface area contributed by atoms with Gasteiger partial charge in [-0.15, -0.1) is 0 Å². The molecule has 0 aromatic heterocycles. The van der Waals surface area contributed by atoms with Gasteiger partial charge in [0, 0.05) is 22.5 Å². The predicted molar refractivity (Wildman–Crippen MR) is 131 cm³/mol. The van der Waals surface area contributed by atoms with E-state index in [2.05, 4.69) is 4.74 Å². The van der Waals surface area contributed by atoms with Crippen LogP contribution < -0.4 is 4.74 Å². The van der Waals surface area contributed by atoms with E-state index in [1.807, 2.05) is 0 Å². The Labute approximate surface area is 207 Å². The molecule has 1 saturated heterocycles. The van der Waals surface area contributed by atoms with Crippen molar-refractivity contribution in [1.29, 1.82) is 0 Å². The maximum atomic E-state index is 14.2. The Morgan fingerprint density at radius 1 is 0.857 bits per heavy atom. The molecule has 1 heterocycles. The van der Waals surface area contributed by atoms with Crippen LogP contribution in [0.4, 0.5) is 22.0 Å². The van der Waals surface area contributed by atoms with Crippen molar-refractivity contribution in [2.45, 2.75) is 94.7 Å². The third-order valence-electron chi connectivity index (χ3n) is 8.09. The van der Waals surface area contributed by atoms with Gasteiger partial charge in [-0.2, -0.15) is 13.2 Å². The minimum atomic E-state index is -2.75. The first kappa shape index (κ1) is 28.2. The highest BCUT2D eigenvalue weighted by Gasteiger charge is 2.27. The number of ether oxygens (including phenoxy) is 2. The fraction of sp³-hybridized carbons (Fsp3) is 0.704. The molecule has 0 atom stereocenters. The first-order valence-corrected chi connectivity index (χ1v) is 15.7. The summed E-state index contributed by atoms with van der Waals surface area (Å²) in [5.74, 6) is -1.90. The maximum absolute atomic E-state index is 14.2. The van der Waals surface area contributed by atoms with Crippen LogP contribution >= 0.6 is 0 Å².